The minimum Gasteiger partial charge on any atom is -0.387 e. The number of hydrogen-bond donors (Lipinski definition) is 5. The highest BCUT2D eigenvalue weighted by Gasteiger charge is 2.25. The molecule has 5 N–H and O–H groups in total. The number of urea groups is 1. The van der Waals surface area contributed by atoms with Crippen molar-refractivity contribution in [2.45, 2.75) is 45.9 Å². The number of β-amino-alcohol motifs (C(OH)–C–C–N with tert-alkyl or cyclic N) is 1. The number of benzene rings is 1. The van der Waals surface area contributed by atoms with E-state index in [9.17, 15) is 9.90 Å². The van der Waals surface area contributed by atoms with Gasteiger partial charge in [0.1, 0.15) is 0 Å². The van der Waals surface area contributed by atoms with Crippen LogP contribution >= 0.6 is 24.0 Å². The van der Waals surface area contributed by atoms with Crippen LogP contribution in [0.1, 0.15) is 33.3 Å². The Morgan fingerprint density at radius 1 is 1.22 bits per heavy atom. The van der Waals surface area contributed by atoms with Crippen molar-refractivity contribution in [1.29, 1.82) is 0 Å². The Hall–Kier alpha value is -1.63. The van der Waals surface area contributed by atoms with Crippen molar-refractivity contribution >= 4 is 41.7 Å². The molecule has 0 radical (unpaired) electrons. The maximum atomic E-state index is 11.8. The zero-order valence-corrected chi connectivity index (χ0v) is 21.9. The Bertz CT molecular complexity index is 706. The molecule has 1 atom stereocenters. The second-order valence-electron chi connectivity index (χ2n) is 8.38. The zero-order chi connectivity index (χ0) is 22.7. The van der Waals surface area contributed by atoms with Crippen LogP contribution in [0, 0.1) is 0 Å². The molecule has 10 heteroatoms. The molecular formula is C22H39IN6O3. The Morgan fingerprint density at radius 3 is 2.47 bits per heavy atom. The second-order valence-corrected chi connectivity index (χ2v) is 8.38. The summed E-state index contributed by atoms with van der Waals surface area (Å²) in [5, 5.41) is 22.8. The molecule has 1 heterocycles. The molecular weight excluding hydrogens is 523 g/mol. The average Bonchev–Trinajstić information content (AvgIpc) is 2.71. The van der Waals surface area contributed by atoms with E-state index in [4.69, 9.17) is 4.74 Å². The molecule has 0 spiro atoms. The van der Waals surface area contributed by atoms with Gasteiger partial charge < -0.3 is 31.1 Å². The maximum absolute atomic E-state index is 11.8. The maximum Gasteiger partial charge on any atom is 0.319 e. The summed E-state index contributed by atoms with van der Waals surface area (Å²) in [4.78, 5) is 18.6. The van der Waals surface area contributed by atoms with Gasteiger partial charge >= 0.3 is 6.03 Å². The number of aliphatic hydroxyl groups is 1. The molecule has 2 amide bonds. The third-order valence-corrected chi connectivity index (χ3v) is 4.70. The number of nitrogens with zero attached hydrogens (tertiary/aromatic N) is 2. The number of carbonyl (C=O) groups is 1. The van der Waals surface area contributed by atoms with Gasteiger partial charge in [-0.25, -0.2) is 9.79 Å². The molecule has 32 heavy (non-hydrogen) atoms. The highest BCUT2D eigenvalue weighted by molar-refractivity contribution is 14.0. The lowest BCUT2D eigenvalue weighted by atomic mass is 10.1. The smallest absolute Gasteiger partial charge is 0.319 e. The van der Waals surface area contributed by atoms with Gasteiger partial charge in [0, 0.05) is 44.5 Å². The molecule has 1 aromatic carbocycles. The van der Waals surface area contributed by atoms with Crippen molar-refractivity contribution in [3.63, 3.8) is 0 Å². The second kappa shape index (κ2) is 14.5. The summed E-state index contributed by atoms with van der Waals surface area (Å²) in [6.45, 7) is 13.0. The van der Waals surface area contributed by atoms with Crippen LogP contribution in [0.3, 0.4) is 0 Å². The largest absolute Gasteiger partial charge is 0.387 e. The number of hydrogen-bond acceptors (Lipinski definition) is 5. The molecule has 1 aromatic rings. The lowest BCUT2D eigenvalue weighted by Crippen LogP contribution is -2.52. The summed E-state index contributed by atoms with van der Waals surface area (Å²) >= 11 is 0. The molecule has 1 unspecified atom stereocenters. The van der Waals surface area contributed by atoms with E-state index >= 15 is 0 Å². The SMILES string of the molecule is CCNC(=NCc1ccc(NC(=O)NC(C)C)cc1)NCC(C)(O)CN1CCOCC1.I. The number of halogens is 1. The van der Waals surface area contributed by atoms with Crippen LogP contribution in [0.4, 0.5) is 10.5 Å². The van der Waals surface area contributed by atoms with Crippen molar-refractivity contribution in [2.75, 3.05) is 51.3 Å². The van der Waals surface area contributed by atoms with Crippen LogP contribution in [0.25, 0.3) is 0 Å². The van der Waals surface area contributed by atoms with E-state index in [-0.39, 0.29) is 36.0 Å². The van der Waals surface area contributed by atoms with Crippen molar-refractivity contribution < 1.29 is 14.6 Å². The molecule has 0 aliphatic carbocycles. The molecule has 9 nitrogen and oxygen atoms in total. The first-order valence-electron chi connectivity index (χ1n) is 11.0. The van der Waals surface area contributed by atoms with E-state index in [1.165, 1.54) is 0 Å². The van der Waals surface area contributed by atoms with E-state index in [0.717, 1.165) is 30.9 Å². The van der Waals surface area contributed by atoms with Gasteiger partial charge in [-0.2, -0.15) is 0 Å². The Labute approximate surface area is 208 Å². The van der Waals surface area contributed by atoms with E-state index < -0.39 is 5.60 Å². The third kappa shape index (κ3) is 11.3. The van der Waals surface area contributed by atoms with Gasteiger partial charge in [0.2, 0.25) is 0 Å². The van der Waals surface area contributed by atoms with Crippen LogP contribution < -0.4 is 21.3 Å². The number of morpholine rings is 1. The molecule has 1 fully saturated rings. The predicted molar refractivity (Wildman–Crippen MR) is 140 cm³/mol. The lowest BCUT2D eigenvalue weighted by Gasteiger charge is -2.34. The van der Waals surface area contributed by atoms with Gasteiger partial charge in [0.05, 0.1) is 25.4 Å². The highest BCUT2D eigenvalue weighted by Crippen LogP contribution is 2.11. The highest BCUT2D eigenvalue weighted by atomic mass is 127. The fourth-order valence-corrected chi connectivity index (χ4v) is 3.21. The van der Waals surface area contributed by atoms with Crippen molar-refractivity contribution in [2.24, 2.45) is 4.99 Å². The van der Waals surface area contributed by atoms with Crippen LogP contribution in [-0.2, 0) is 11.3 Å². The number of ether oxygens (including phenoxy) is 1. The summed E-state index contributed by atoms with van der Waals surface area (Å²) in [7, 11) is 0. The molecule has 0 bridgehead atoms. The number of nitrogens with one attached hydrogen (secondary N) is 4. The summed E-state index contributed by atoms with van der Waals surface area (Å²) in [5.41, 5.74) is 0.874. The summed E-state index contributed by atoms with van der Waals surface area (Å²) < 4.78 is 5.37. The van der Waals surface area contributed by atoms with Crippen molar-refractivity contribution in [1.82, 2.24) is 20.9 Å². The molecule has 0 aromatic heterocycles. The normalized spacial score (nSPS) is 16.6. The van der Waals surface area contributed by atoms with Crippen LogP contribution in [-0.4, -0.2) is 79.6 Å². The first-order chi connectivity index (χ1) is 14.8. The molecule has 182 valence electrons. The van der Waals surface area contributed by atoms with E-state index in [2.05, 4.69) is 31.2 Å². The molecule has 1 saturated heterocycles. The first-order valence-corrected chi connectivity index (χ1v) is 11.0. The average molecular weight is 562 g/mol. The molecule has 1 aliphatic heterocycles. The number of aliphatic imine (C=N–C) groups is 1. The number of anilines is 1. The minimum atomic E-state index is -0.878. The molecule has 0 saturated carbocycles. The quantitative estimate of drug-likeness (QED) is 0.179. The molecule has 1 aliphatic rings. The number of amides is 2. The lowest BCUT2D eigenvalue weighted by molar-refractivity contribution is -0.0201. The van der Waals surface area contributed by atoms with E-state index in [1.54, 1.807) is 0 Å². The van der Waals surface area contributed by atoms with Gasteiger partial charge in [-0.15, -0.1) is 24.0 Å². The number of rotatable bonds is 9. The number of carbonyl (C=O) groups excluding carboxylic acids is 1. The van der Waals surface area contributed by atoms with Crippen molar-refractivity contribution in [3.05, 3.63) is 29.8 Å². The Balaban J connectivity index is 0.00000512. The topological polar surface area (TPSA) is 110 Å². The monoisotopic (exact) mass is 562 g/mol. The summed E-state index contributed by atoms with van der Waals surface area (Å²) in [6, 6.07) is 7.46. The fraction of sp³-hybridized carbons (Fsp3) is 0.636. The molecule has 2 rings (SSSR count). The van der Waals surface area contributed by atoms with E-state index in [1.807, 2.05) is 52.0 Å². The Morgan fingerprint density at radius 2 is 1.88 bits per heavy atom. The van der Waals surface area contributed by atoms with Gasteiger partial charge in [0.25, 0.3) is 0 Å². The van der Waals surface area contributed by atoms with Gasteiger partial charge in [0.15, 0.2) is 5.96 Å². The predicted octanol–water partition coefficient (Wildman–Crippen LogP) is 1.97. The minimum absolute atomic E-state index is 0. The van der Waals surface area contributed by atoms with Gasteiger partial charge in [-0.3, -0.25) is 4.90 Å². The van der Waals surface area contributed by atoms with Gasteiger partial charge in [-0.1, -0.05) is 12.1 Å². The number of guanidine groups is 1. The third-order valence-electron chi connectivity index (χ3n) is 4.70. The summed E-state index contributed by atoms with van der Waals surface area (Å²) in [6.07, 6.45) is 0. The fourth-order valence-electron chi connectivity index (χ4n) is 3.21. The van der Waals surface area contributed by atoms with Gasteiger partial charge in [-0.05, 0) is 45.4 Å². The van der Waals surface area contributed by atoms with Crippen molar-refractivity contribution in [3.8, 4) is 0 Å². The summed E-state index contributed by atoms with van der Waals surface area (Å²) in [5.74, 6) is 0.656. The Kier molecular flexibility index (Phi) is 12.9. The van der Waals surface area contributed by atoms with Crippen LogP contribution in [0.2, 0.25) is 0 Å². The first kappa shape index (κ1) is 28.4. The zero-order valence-electron chi connectivity index (χ0n) is 19.6. The van der Waals surface area contributed by atoms with Crippen LogP contribution in [0.5, 0.6) is 0 Å². The standard InChI is InChI=1S/C22H38N6O3.HI/c1-5-23-20(25-15-22(4,30)16-28-10-12-31-13-11-28)24-14-18-6-8-19(9-7-18)27-21(29)26-17(2)3;/h6-9,17,30H,5,10-16H2,1-4H3,(H2,23,24,25)(H2,26,27,29);1H. The van der Waals surface area contributed by atoms with Crippen LogP contribution in [0.15, 0.2) is 29.3 Å². The van der Waals surface area contributed by atoms with E-state index in [0.29, 0.717) is 38.8 Å².